The topological polar surface area (TPSA) is 47.0 Å². The summed E-state index contributed by atoms with van der Waals surface area (Å²) < 4.78 is 13.9. The molecule has 0 atom stereocenters. The molecule has 3 rings (SSSR count). The molecule has 1 aliphatic heterocycles. The molecule has 1 N–H and O–H groups in total. The summed E-state index contributed by atoms with van der Waals surface area (Å²) in [5.74, 6) is -0.148. The van der Waals surface area contributed by atoms with Gasteiger partial charge in [0, 0.05) is 50.9 Å². The highest BCUT2D eigenvalue weighted by Gasteiger charge is 2.33. The number of benzene rings is 1. The lowest BCUT2D eigenvalue weighted by atomic mass is 10.2. The van der Waals surface area contributed by atoms with Gasteiger partial charge < -0.3 is 10.0 Å². The largest absolute Gasteiger partial charge is 0.395 e. The lowest BCUT2D eigenvalue weighted by Crippen LogP contribution is -2.50. The van der Waals surface area contributed by atoms with Crippen molar-refractivity contribution < 1.29 is 14.3 Å². The van der Waals surface area contributed by atoms with Gasteiger partial charge in [-0.2, -0.15) is 0 Å². The van der Waals surface area contributed by atoms with Gasteiger partial charge in [0.1, 0.15) is 5.82 Å². The van der Waals surface area contributed by atoms with Gasteiger partial charge in [0.25, 0.3) is 0 Å². The summed E-state index contributed by atoms with van der Waals surface area (Å²) >= 11 is 0. The van der Waals surface area contributed by atoms with Gasteiger partial charge in [0.15, 0.2) is 0 Å². The maximum Gasteiger partial charge on any atom is 0.237 e. The molecule has 2 aliphatic rings. The smallest absolute Gasteiger partial charge is 0.237 e. The third kappa shape index (κ3) is 4.53. The normalized spacial score (nSPS) is 19.4. The molecule has 132 valence electrons. The van der Waals surface area contributed by atoms with Crippen LogP contribution in [0.4, 0.5) is 4.39 Å². The number of carbonyl (C=O) groups excluding carboxylic acids is 1. The molecular weight excluding hydrogens is 309 g/mol. The first kappa shape index (κ1) is 17.3. The summed E-state index contributed by atoms with van der Waals surface area (Å²) in [7, 11) is 0. The van der Waals surface area contributed by atoms with Crippen LogP contribution < -0.4 is 0 Å². The molecule has 0 unspecified atom stereocenters. The molecule has 2 fully saturated rings. The van der Waals surface area contributed by atoms with Gasteiger partial charge in [-0.15, -0.1) is 0 Å². The molecule has 1 heterocycles. The van der Waals surface area contributed by atoms with Crippen molar-refractivity contribution in [1.29, 1.82) is 0 Å². The van der Waals surface area contributed by atoms with E-state index < -0.39 is 0 Å². The molecular formula is C18H26FN3O2. The number of aliphatic hydroxyl groups excluding tert-OH is 1. The van der Waals surface area contributed by atoms with Crippen LogP contribution in [0.25, 0.3) is 0 Å². The van der Waals surface area contributed by atoms with Crippen LogP contribution in [0, 0.1) is 5.82 Å². The minimum Gasteiger partial charge on any atom is -0.395 e. The molecule has 0 aromatic heterocycles. The van der Waals surface area contributed by atoms with Gasteiger partial charge in [-0.25, -0.2) is 4.39 Å². The Kier molecular flexibility index (Phi) is 5.81. The van der Waals surface area contributed by atoms with E-state index >= 15 is 0 Å². The Bertz CT molecular complexity index is 557. The first-order chi connectivity index (χ1) is 11.7. The Labute approximate surface area is 142 Å². The van der Waals surface area contributed by atoms with Crippen LogP contribution in [0.3, 0.4) is 0 Å². The standard InChI is InChI=1S/C18H26FN3O2/c19-17-4-2-1-3-15(17)13-22(16-5-6-16)18(24)14-21-9-7-20(8-10-21)11-12-23/h1-4,16,23H,5-14H2. The Balaban J connectivity index is 1.55. The van der Waals surface area contributed by atoms with Crippen molar-refractivity contribution in [3.63, 3.8) is 0 Å². The molecule has 0 radical (unpaired) electrons. The van der Waals surface area contributed by atoms with E-state index in [1.807, 2.05) is 11.0 Å². The summed E-state index contributed by atoms with van der Waals surface area (Å²) in [4.78, 5) is 18.9. The Morgan fingerprint density at radius 3 is 2.46 bits per heavy atom. The van der Waals surface area contributed by atoms with E-state index in [1.165, 1.54) is 6.07 Å². The molecule has 0 spiro atoms. The van der Waals surface area contributed by atoms with Crippen molar-refractivity contribution in [3.8, 4) is 0 Å². The van der Waals surface area contributed by atoms with E-state index in [4.69, 9.17) is 5.11 Å². The molecule has 1 aromatic carbocycles. The molecule has 6 heteroatoms. The number of hydrogen-bond acceptors (Lipinski definition) is 4. The lowest BCUT2D eigenvalue weighted by Gasteiger charge is -2.35. The fraction of sp³-hybridized carbons (Fsp3) is 0.611. The van der Waals surface area contributed by atoms with Gasteiger partial charge in [0.2, 0.25) is 5.91 Å². The number of β-amino-alcohol motifs (C(OH)–C–C–N with tert-alkyl or cyclic N) is 1. The minimum absolute atomic E-state index is 0.0939. The zero-order valence-corrected chi connectivity index (χ0v) is 14.0. The third-order valence-corrected chi connectivity index (χ3v) is 4.85. The Hall–Kier alpha value is -1.50. The highest BCUT2D eigenvalue weighted by atomic mass is 19.1. The Morgan fingerprint density at radius 2 is 1.83 bits per heavy atom. The molecule has 1 saturated carbocycles. The summed E-state index contributed by atoms with van der Waals surface area (Å²) in [6.45, 7) is 5.07. The zero-order chi connectivity index (χ0) is 16.9. The second kappa shape index (κ2) is 8.05. The van der Waals surface area contributed by atoms with Crippen molar-refractivity contribution in [2.45, 2.75) is 25.4 Å². The third-order valence-electron chi connectivity index (χ3n) is 4.85. The number of rotatable bonds is 7. The molecule has 1 aromatic rings. The van der Waals surface area contributed by atoms with E-state index in [2.05, 4.69) is 9.80 Å². The van der Waals surface area contributed by atoms with E-state index in [-0.39, 0.29) is 24.4 Å². The van der Waals surface area contributed by atoms with Gasteiger partial charge in [-0.1, -0.05) is 18.2 Å². The number of carbonyl (C=O) groups is 1. The van der Waals surface area contributed by atoms with Crippen LogP contribution >= 0.6 is 0 Å². The fourth-order valence-electron chi connectivity index (χ4n) is 3.21. The van der Waals surface area contributed by atoms with Gasteiger partial charge in [-0.05, 0) is 18.9 Å². The molecule has 1 saturated heterocycles. The second-order valence-corrected chi connectivity index (χ2v) is 6.69. The fourth-order valence-corrected chi connectivity index (χ4v) is 3.21. The molecule has 24 heavy (non-hydrogen) atoms. The zero-order valence-electron chi connectivity index (χ0n) is 14.0. The van der Waals surface area contributed by atoms with Crippen LogP contribution in [-0.4, -0.2) is 77.6 Å². The second-order valence-electron chi connectivity index (χ2n) is 6.69. The summed E-state index contributed by atoms with van der Waals surface area (Å²) in [5, 5.41) is 8.99. The molecule has 0 bridgehead atoms. The Morgan fingerprint density at radius 1 is 1.17 bits per heavy atom. The summed E-state index contributed by atoms with van der Waals surface area (Å²) in [5.41, 5.74) is 0.588. The predicted octanol–water partition coefficient (Wildman–Crippen LogP) is 0.927. The molecule has 1 aliphatic carbocycles. The van der Waals surface area contributed by atoms with Crippen LogP contribution in [0.1, 0.15) is 18.4 Å². The summed E-state index contributed by atoms with van der Waals surface area (Å²) in [6, 6.07) is 6.96. The maximum absolute atomic E-state index is 13.9. The average molecular weight is 335 g/mol. The first-order valence-corrected chi connectivity index (χ1v) is 8.76. The number of aliphatic hydroxyl groups is 1. The number of piperazine rings is 1. The van der Waals surface area contributed by atoms with Crippen molar-refractivity contribution >= 4 is 5.91 Å². The number of halogens is 1. The van der Waals surface area contributed by atoms with Crippen LogP contribution in [0.5, 0.6) is 0 Å². The van der Waals surface area contributed by atoms with Crippen molar-refractivity contribution in [3.05, 3.63) is 35.6 Å². The van der Waals surface area contributed by atoms with Gasteiger partial charge in [-0.3, -0.25) is 14.6 Å². The first-order valence-electron chi connectivity index (χ1n) is 8.76. The predicted molar refractivity (Wildman–Crippen MR) is 89.9 cm³/mol. The van der Waals surface area contributed by atoms with Crippen LogP contribution in [0.15, 0.2) is 24.3 Å². The van der Waals surface area contributed by atoms with Crippen LogP contribution in [-0.2, 0) is 11.3 Å². The average Bonchev–Trinajstić information content (AvgIpc) is 3.41. The van der Waals surface area contributed by atoms with Crippen molar-refractivity contribution in [1.82, 2.24) is 14.7 Å². The van der Waals surface area contributed by atoms with E-state index in [0.717, 1.165) is 39.0 Å². The van der Waals surface area contributed by atoms with E-state index in [0.29, 0.717) is 25.2 Å². The van der Waals surface area contributed by atoms with Gasteiger partial charge in [0.05, 0.1) is 13.2 Å². The van der Waals surface area contributed by atoms with Crippen molar-refractivity contribution in [2.75, 3.05) is 45.9 Å². The van der Waals surface area contributed by atoms with E-state index in [1.54, 1.807) is 12.1 Å². The highest BCUT2D eigenvalue weighted by molar-refractivity contribution is 5.79. The van der Waals surface area contributed by atoms with Gasteiger partial charge >= 0.3 is 0 Å². The minimum atomic E-state index is -0.242. The summed E-state index contributed by atoms with van der Waals surface area (Å²) in [6.07, 6.45) is 2.04. The lowest BCUT2D eigenvalue weighted by molar-refractivity contribution is -0.134. The van der Waals surface area contributed by atoms with Crippen molar-refractivity contribution in [2.24, 2.45) is 0 Å². The molecule has 5 nitrogen and oxygen atoms in total. The number of amides is 1. The number of hydrogen-bond donors (Lipinski definition) is 1. The number of nitrogens with zero attached hydrogens (tertiary/aromatic N) is 3. The molecule has 1 amide bonds. The SMILES string of the molecule is O=C(CN1CCN(CCO)CC1)N(Cc1ccccc1F)C1CC1. The van der Waals surface area contributed by atoms with E-state index in [9.17, 15) is 9.18 Å². The monoisotopic (exact) mass is 335 g/mol. The quantitative estimate of drug-likeness (QED) is 0.805. The van der Waals surface area contributed by atoms with Crippen LogP contribution in [0.2, 0.25) is 0 Å². The highest BCUT2D eigenvalue weighted by Crippen LogP contribution is 2.29. The maximum atomic E-state index is 13.9.